The predicted octanol–water partition coefficient (Wildman–Crippen LogP) is 3.45. The van der Waals surface area contributed by atoms with E-state index in [-0.39, 0.29) is 5.82 Å². The number of fused-ring (bicyclic) bond motifs is 1. The number of aliphatic carboxylic acids is 1. The Labute approximate surface area is 142 Å². The second-order valence-corrected chi connectivity index (χ2v) is 5.60. The number of H-pyrrole nitrogens is 1. The topological polar surface area (TPSA) is 90.4 Å². The van der Waals surface area contributed by atoms with Crippen LogP contribution >= 0.6 is 0 Å². The van der Waals surface area contributed by atoms with Crippen LogP contribution in [-0.4, -0.2) is 26.9 Å². The first-order valence-electron chi connectivity index (χ1n) is 7.47. The largest absolute Gasteiger partial charge is 0.507 e. The summed E-state index contributed by atoms with van der Waals surface area (Å²) in [6, 6.07) is 13.1. The zero-order chi connectivity index (χ0) is 18.0. The minimum Gasteiger partial charge on any atom is -0.507 e. The zero-order valence-electron chi connectivity index (χ0n) is 13.0. The number of rotatable bonds is 5. The number of halogens is 1. The van der Waals surface area contributed by atoms with Gasteiger partial charge >= 0.3 is 5.97 Å². The summed E-state index contributed by atoms with van der Waals surface area (Å²) in [5, 5.41) is 19.4. The summed E-state index contributed by atoms with van der Waals surface area (Å²) in [5.41, 5.74) is 2.92. The smallest absolute Gasteiger partial charge is 0.376 e. The van der Waals surface area contributed by atoms with Gasteiger partial charge in [0.1, 0.15) is 11.6 Å². The maximum absolute atomic E-state index is 13.0. The molecular formula is C19H14FNO4. The van der Waals surface area contributed by atoms with E-state index in [4.69, 9.17) is 5.11 Å². The van der Waals surface area contributed by atoms with Crippen LogP contribution in [0.2, 0.25) is 0 Å². The molecule has 6 heteroatoms. The maximum atomic E-state index is 13.0. The first-order chi connectivity index (χ1) is 11.9. The van der Waals surface area contributed by atoms with Gasteiger partial charge < -0.3 is 15.2 Å². The molecule has 0 saturated carbocycles. The van der Waals surface area contributed by atoms with Crippen LogP contribution < -0.4 is 0 Å². The van der Waals surface area contributed by atoms with Gasteiger partial charge in [0.15, 0.2) is 0 Å². The third-order valence-corrected chi connectivity index (χ3v) is 3.76. The van der Waals surface area contributed by atoms with E-state index in [0.717, 1.165) is 22.2 Å². The van der Waals surface area contributed by atoms with Gasteiger partial charge in [0.05, 0.1) is 0 Å². The van der Waals surface area contributed by atoms with E-state index in [1.807, 2.05) is 6.07 Å². The molecule has 3 aromatic rings. The van der Waals surface area contributed by atoms with E-state index in [1.165, 1.54) is 12.1 Å². The molecule has 0 aliphatic heterocycles. The van der Waals surface area contributed by atoms with E-state index in [9.17, 15) is 19.1 Å². The molecule has 2 aromatic carbocycles. The number of nitrogens with one attached hydrogen (secondary N) is 1. The molecule has 25 heavy (non-hydrogen) atoms. The van der Waals surface area contributed by atoms with Crippen molar-refractivity contribution in [1.29, 1.82) is 0 Å². The lowest BCUT2D eigenvalue weighted by molar-refractivity contribution is -0.146. The maximum Gasteiger partial charge on any atom is 0.376 e. The molecule has 0 radical (unpaired) electrons. The molecule has 0 atom stereocenters. The second-order valence-electron chi connectivity index (χ2n) is 5.60. The number of aliphatic hydroxyl groups excluding tert-OH is 1. The summed E-state index contributed by atoms with van der Waals surface area (Å²) in [6.45, 7) is 0. The third-order valence-electron chi connectivity index (χ3n) is 3.76. The zero-order valence-corrected chi connectivity index (χ0v) is 13.0. The number of ketones is 1. The SMILES string of the molecule is O=C(O)C(=O)C=C(O)c1ccc2cc(Cc3ccc(F)cc3)[nH]c2c1. The Morgan fingerprint density at radius 2 is 1.76 bits per heavy atom. The molecule has 0 aliphatic carbocycles. The first kappa shape index (κ1) is 16.4. The summed E-state index contributed by atoms with van der Waals surface area (Å²) < 4.78 is 13.0. The Morgan fingerprint density at radius 3 is 2.44 bits per heavy atom. The number of hydrogen-bond donors (Lipinski definition) is 3. The van der Waals surface area contributed by atoms with E-state index in [1.54, 1.807) is 30.3 Å². The average Bonchev–Trinajstić information content (AvgIpc) is 2.98. The predicted molar refractivity (Wildman–Crippen MR) is 90.8 cm³/mol. The minimum atomic E-state index is -1.63. The van der Waals surface area contributed by atoms with E-state index >= 15 is 0 Å². The van der Waals surface area contributed by atoms with Crippen LogP contribution in [0.1, 0.15) is 16.8 Å². The van der Waals surface area contributed by atoms with Gasteiger partial charge in [0.25, 0.3) is 5.78 Å². The number of benzene rings is 2. The number of carbonyl (C=O) groups excluding carboxylic acids is 1. The Balaban J connectivity index is 1.87. The fraction of sp³-hybridized carbons (Fsp3) is 0.0526. The number of aliphatic hydroxyl groups is 1. The highest BCUT2D eigenvalue weighted by Gasteiger charge is 2.11. The van der Waals surface area contributed by atoms with Gasteiger partial charge in [-0.05, 0) is 35.2 Å². The van der Waals surface area contributed by atoms with E-state index in [2.05, 4.69) is 4.98 Å². The number of hydrogen-bond acceptors (Lipinski definition) is 3. The lowest BCUT2D eigenvalue weighted by atomic mass is 10.1. The van der Waals surface area contributed by atoms with Crippen molar-refractivity contribution in [2.24, 2.45) is 0 Å². The summed E-state index contributed by atoms with van der Waals surface area (Å²) in [7, 11) is 0. The molecule has 0 bridgehead atoms. The van der Waals surface area contributed by atoms with Gasteiger partial charge in [-0.25, -0.2) is 9.18 Å². The highest BCUT2D eigenvalue weighted by molar-refractivity contribution is 6.38. The number of carbonyl (C=O) groups is 2. The normalized spacial score (nSPS) is 11.6. The molecule has 126 valence electrons. The van der Waals surface area contributed by atoms with E-state index < -0.39 is 17.5 Å². The van der Waals surface area contributed by atoms with Crippen molar-refractivity contribution in [3.05, 3.63) is 77.2 Å². The van der Waals surface area contributed by atoms with Gasteiger partial charge in [-0.3, -0.25) is 4.79 Å². The summed E-state index contributed by atoms with van der Waals surface area (Å²) >= 11 is 0. The molecule has 3 rings (SSSR count). The Hall–Kier alpha value is -3.41. The van der Waals surface area contributed by atoms with Crippen molar-refractivity contribution in [2.75, 3.05) is 0 Å². The lowest BCUT2D eigenvalue weighted by Crippen LogP contribution is -2.09. The van der Waals surface area contributed by atoms with Crippen molar-refractivity contribution in [3.8, 4) is 0 Å². The van der Waals surface area contributed by atoms with Gasteiger partial charge in [0, 0.05) is 29.3 Å². The quantitative estimate of drug-likeness (QED) is 0.377. The lowest BCUT2D eigenvalue weighted by Gasteiger charge is -2.00. The molecule has 0 unspecified atom stereocenters. The molecule has 1 heterocycles. The van der Waals surface area contributed by atoms with Crippen molar-refractivity contribution >= 4 is 28.4 Å². The number of aromatic nitrogens is 1. The highest BCUT2D eigenvalue weighted by atomic mass is 19.1. The van der Waals surface area contributed by atoms with Crippen molar-refractivity contribution < 1.29 is 24.2 Å². The molecule has 1 aromatic heterocycles. The van der Waals surface area contributed by atoms with Crippen LogP contribution in [-0.2, 0) is 16.0 Å². The van der Waals surface area contributed by atoms with Crippen LogP contribution in [0.4, 0.5) is 4.39 Å². The monoisotopic (exact) mass is 339 g/mol. The van der Waals surface area contributed by atoms with Gasteiger partial charge in [-0.2, -0.15) is 0 Å². The first-order valence-corrected chi connectivity index (χ1v) is 7.47. The van der Waals surface area contributed by atoms with Crippen LogP contribution in [0, 0.1) is 5.82 Å². The van der Waals surface area contributed by atoms with Crippen LogP contribution in [0.5, 0.6) is 0 Å². The number of carboxylic acids is 1. The molecule has 3 N–H and O–H groups in total. The third kappa shape index (κ3) is 3.74. The molecule has 5 nitrogen and oxygen atoms in total. The number of carboxylic acid groups (broad SMARTS) is 1. The fourth-order valence-electron chi connectivity index (χ4n) is 2.53. The summed E-state index contributed by atoms with van der Waals surface area (Å²) in [4.78, 5) is 24.9. The Bertz CT molecular complexity index is 986. The summed E-state index contributed by atoms with van der Waals surface area (Å²) in [5.74, 6) is -3.53. The minimum absolute atomic E-state index is 0.289. The standard InChI is InChI=1S/C19H14FNO4/c20-14-5-1-11(2-6-14)7-15-8-12-3-4-13(9-16(12)21-15)17(22)10-18(23)19(24)25/h1-6,8-10,21-22H,7H2,(H,24,25). The van der Waals surface area contributed by atoms with Crippen LogP contribution in [0.15, 0.2) is 54.6 Å². The highest BCUT2D eigenvalue weighted by Crippen LogP contribution is 2.22. The molecule has 0 saturated heterocycles. The fourth-order valence-corrected chi connectivity index (χ4v) is 2.53. The number of aromatic amines is 1. The molecule has 0 aliphatic rings. The molecule has 0 amide bonds. The van der Waals surface area contributed by atoms with Gasteiger partial charge in [0.2, 0.25) is 0 Å². The van der Waals surface area contributed by atoms with E-state index in [0.29, 0.717) is 18.1 Å². The molecule has 0 spiro atoms. The van der Waals surface area contributed by atoms with Crippen molar-refractivity contribution in [1.82, 2.24) is 4.98 Å². The summed E-state index contributed by atoms with van der Waals surface area (Å²) in [6.07, 6.45) is 1.26. The van der Waals surface area contributed by atoms with Crippen molar-refractivity contribution in [3.63, 3.8) is 0 Å². The molecular weight excluding hydrogens is 325 g/mol. The van der Waals surface area contributed by atoms with Crippen LogP contribution in [0.3, 0.4) is 0 Å². The van der Waals surface area contributed by atoms with Crippen molar-refractivity contribution in [2.45, 2.75) is 6.42 Å². The average molecular weight is 339 g/mol. The molecule has 0 fully saturated rings. The van der Waals surface area contributed by atoms with Gasteiger partial charge in [-0.1, -0.05) is 24.3 Å². The van der Waals surface area contributed by atoms with Gasteiger partial charge in [-0.15, -0.1) is 0 Å². The Morgan fingerprint density at radius 1 is 1.04 bits per heavy atom. The van der Waals surface area contributed by atoms with Crippen LogP contribution in [0.25, 0.3) is 16.7 Å². The Kier molecular flexibility index (Phi) is 4.35. The second kappa shape index (κ2) is 6.60.